The van der Waals surface area contributed by atoms with Crippen LogP contribution in [0.15, 0.2) is 40.2 Å². The first kappa shape index (κ1) is 16.9. The van der Waals surface area contributed by atoms with Crippen molar-refractivity contribution in [3.63, 3.8) is 0 Å². The number of halogens is 2. The van der Waals surface area contributed by atoms with E-state index in [0.717, 1.165) is 16.6 Å². The van der Waals surface area contributed by atoms with Crippen molar-refractivity contribution in [2.24, 2.45) is 0 Å². The van der Waals surface area contributed by atoms with Gasteiger partial charge in [-0.25, -0.2) is 0 Å². The molecule has 1 atom stereocenters. The molecule has 3 nitrogen and oxygen atoms in total. The lowest BCUT2D eigenvalue weighted by atomic mass is 10.2. The highest BCUT2D eigenvalue weighted by atomic mass is 79.9. The fourth-order valence-electron chi connectivity index (χ4n) is 1.78. The second kappa shape index (κ2) is 8.88. The van der Waals surface area contributed by atoms with Gasteiger partial charge in [-0.05, 0) is 39.0 Å². The summed E-state index contributed by atoms with van der Waals surface area (Å²) in [6.07, 6.45) is -0.536. The zero-order valence-corrected chi connectivity index (χ0v) is 14.5. The van der Waals surface area contributed by atoms with Gasteiger partial charge in [-0.2, -0.15) is 0 Å². The third kappa shape index (κ3) is 5.70. The molecule has 2 N–H and O–H groups in total. The Bertz CT molecular complexity index is 564. The van der Waals surface area contributed by atoms with Crippen LogP contribution in [0.1, 0.15) is 10.4 Å². The van der Waals surface area contributed by atoms with Crippen LogP contribution in [-0.4, -0.2) is 24.4 Å². The zero-order valence-electron chi connectivity index (χ0n) is 11.4. The zero-order chi connectivity index (χ0) is 15.1. The summed E-state index contributed by atoms with van der Waals surface area (Å²) in [5.41, 5.74) is 0.932. The third-order valence-electron chi connectivity index (χ3n) is 2.88. The highest BCUT2D eigenvalue weighted by Gasteiger charge is 2.07. The van der Waals surface area contributed by atoms with Crippen LogP contribution in [0.5, 0.6) is 0 Å². The van der Waals surface area contributed by atoms with Crippen molar-refractivity contribution < 1.29 is 9.84 Å². The molecule has 0 spiro atoms. The van der Waals surface area contributed by atoms with E-state index in [-0.39, 0.29) is 6.61 Å². The first-order valence-electron chi connectivity index (χ1n) is 6.58. The van der Waals surface area contributed by atoms with E-state index in [0.29, 0.717) is 18.2 Å². The SMILES string of the molecule is OC(CNCc1sccc1Br)COCc1ccccc1Cl. The topological polar surface area (TPSA) is 41.5 Å². The van der Waals surface area contributed by atoms with Crippen LogP contribution >= 0.6 is 38.9 Å². The van der Waals surface area contributed by atoms with E-state index >= 15 is 0 Å². The molecule has 0 saturated heterocycles. The van der Waals surface area contributed by atoms with E-state index in [1.165, 1.54) is 4.88 Å². The van der Waals surface area contributed by atoms with Crippen LogP contribution in [0.4, 0.5) is 0 Å². The van der Waals surface area contributed by atoms with E-state index in [9.17, 15) is 5.11 Å². The Morgan fingerprint density at radius 2 is 2.14 bits per heavy atom. The Hall–Kier alpha value is -0.430. The standard InChI is InChI=1S/C15H17BrClNO2S/c16-13-5-6-21-15(13)8-18-7-12(19)10-20-9-11-3-1-2-4-14(11)17/h1-6,12,18-19H,7-10H2. The van der Waals surface area contributed by atoms with Crippen LogP contribution < -0.4 is 5.32 Å². The fraction of sp³-hybridized carbons (Fsp3) is 0.333. The number of rotatable bonds is 8. The third-order valence-corrected chi connectivity index (χ3v) is 5.18. The predicted octanol–water partition coefficient (Wildman–Crippen LogP) is 3.83. The average molecular weight is 391 g/mol. The molecule has 21 heavy (non-hydrogen) atoms. The predicted molar refractivity (Wildman–Crippen MR) is 90.8 cm³/mol. The Labute approximate surface area is 142 Å². The molecule has 2 rings (SSSR count). The van der Waals surface area contributed by atoms with Gasteiger partial charge in [0.25, 0.3) is 0 Å². The molecule has 0 radical (unpaired) electrons. The number of nitrogens with one attached hydrogen (secondary N) is 1. The first-order valence-corrected chi connectivity index (χ1v) is 8.63. The number of aliphatic hydroxyl groups is 1. The maximum Gasteiger partial charge on any atom is 0.0897 e. The Morgan fingerprint density at radius 3 is 2.86 bits per heavy atom. The average Bonchev–Trinajstić information content (AvgIpc) is 2.87. The maximum absolute atomic E-state index is 9.87. The van der Waals surface area contributed by atoms with Gasteiger partial charge in [-0.1, -0.05) is 29.8 Å². The van der Waals surface area contributed by atoms with Gasteiger partial charge in [0.1, 0.15) is 0 Å². The molecule has 1 heterocycles. The molecular weight excluding hydrogens is 374 g/mol. The summed E-state index contributed by atoms with van der Waals surface area (Å²) in [7, 11) is 0. The molecule has 6 heteroatoms. The molecule has 0 aliphatic rings. The molecule has 0 amide bonds. The second-order valence-electron chi connectivity index (χ2n) is 4.58. The summed E-state index contributed by atoms with van der Waals surface area (Å²) < 4.78 is 6.59. The molecule has 0 aliphatic carbocycles. The van der Waals surface area contributed by atoms with Crippen molar-refractivity contribution in [3.05, 3.63) is 55.6 Å². The lowest BCUT2D eigenvalue weighted by Gasteiger charge is -2.12. The van der Waals surface area contributed by atoms with Gasteiger partial charge >= 0.3 is 0 Å². The normalized spacial score (nSPS) is 12.5. The lowest BCUT2D eigenvalue weighted by molar-refractivity contribution is 0.0288. The van der Waals surface area contributed by atoms with Gasteiger partial charge in [-0.3, -0.25) is 0 Å². The monoisotopic (exact) mass is 389 g/mol. The van der Waals surface area contributed by atoms with Gasteiger partial charge in [-0.15, -0.1) is 11.3 Å². The van der Waals surface area contributed by atoms with Gasteiger partial charge < -0.3 is 15.2 Å². The highest BCUT2D eigenvalue weighted by Crippen LogP contribution is 2.22. The molecule has 114 valence electrons. The van der Waals surface area contributed by atoms with Gasteiger partial charge in [0.2, 0.25) is 0 Å². The molecule has 0 aliphatic heterocycles. The van der Waals surface area contributed by atoms with Crippen LogP contribution in [0.3, 0.4) is 0 Å². The van der Waals surface area contributed by atoms with Crippen molar-refractivity contribution in [1.29, 1.82) is 0 Å². The van der Waals surface area contributed by atoms with E-state index in [1.54, 1.807) is 11.3 Å². The first-order chi connectivity index (χ1) is 10.2. The minimum absolute atomic E-state index is 0.282. The second-order valence-corrected chi connectivity index (χ2v) is 6.85. The Kier molecular flexibility index (Phi) is 7.16. The Morgan fingerprint density at radius 1 is 1.33 bits per heavy atom. The Balaban J connectivity index is 1.63. The summed E-state index contributed by atoms with van der Waals surface area (Å²) in [4.78, 5) is 1.22. The van der Waals surface area contributed by atoms with Crippen LogP contribution in [0.2, 0.25) is 5.02 Å². The fourth-order valence-corrected chi connectivity index (χ4v) is 3.44. The van der Waals surface area contributed by atoms with Gasteiger partial charge in [0.05, 0.1) is 19.3 Å². The number of benzene rings is 1. The molecule has 2 aromatic rings. The summed E-state index contributed by atoms with van der Waals surface area (Å²) in [5.74, 6) is 0. The van der Waals surface area contributed by atoms with Crippen molar-refractivity contribution in [2.45, 2.75) is 19.3 Å². The van der Waals surface area contributed by atoms with E-state index in [4.69, 9.17) is 16.3 Å². The maximum atomic E-state index is 9.87. The molecule has 0 fully saturated rings. The molecule has 1 unspecified atom stereocenters. The van der Waals surface area contributed by atoms with Crippen LogP contribution in [0, 0.1) is 0 Å². The minimum atomic E-state index is -0.536. The van der Waals surface area contributed by atoms with Crippen LogP contribution in [-0.2, 0) is 17.9 Å². The molecule has 1 aromatic carbocycles. The van der Waals surface area contributed by atoms with E-state index in [2.05, 4.69) is 21.2 Å². The van der Waals surface area contributed by atoms with Gasteiger partial charge in [0, 0.05) is 27.5 Å². The van der Waals surface area contributed by atoms with Crippen molar-refractivity contribution >= 4 is 38.9 Å². The number of ether oxygens (including phenoxy) is 1. The summed E-state index contributed by atoms with van der Waals surface area (Å²) in [6, 6.07) is 9.57. The summed E-state index contributed by atoms with van der Waals surface area (Å²) in [5, 5.41) is 15.8. The molecule has 0 saturated carbocycles. The lowest BCUT2D eigenvalue weighted by Crippen LogP contribution is -2.29. The quantitative estimate of drug-likeness (QED) is 0.720. The van der Waals surface area contributed by atoms with Gasteiger partial charge in [0.15, 0.2) is 0 Å². The largest absolute Gasteiger partial charge is 0.389 e. The van der Waals surface area contributed by atoms with Crippen molar-refractivity contribution in [2.75, 3.05) is 13.2 Å². The number of thiophene rings is 1. The molecule has 0 bridgehead atoms. The molecule has 1 aromatic heterocycles. The van der Waals surface area contributed by atoms with E-state index in [1.807, 2.05) is 35.7 Å². The number of aliphatic hydroxyl groups excluding tert-OH is 1. The van der Waals surface area contributed by atoms with Crippen molar-refractivity contribution in [3.8, 4) is 0 Å². The smallest absolute Gasteiger partial charge is 0.0897 e. The minimum Gasteiger partial charge on any atom is -0.389 e. The highest BCUT2D eigenvalue weighted by molar-refractivity contribution is 9.10. The van der Waals surface area contributed by atoms with Crippen molar-refractivity contribution in [1.82, 2.24) is 5.32 Å². The summed E-state index contributed by atoms with van der Waals surface area (Å²) in [6.45, 7) is 1.92. The number of hydrogen-bond donors (Lipinski definition) is 2. The summed E-state index contributed by atoms with van der Waals surface area (Å²) >= 11 is 11.2. The molecular formula is C15H17BrClNO2S. The number of hydrogen-bond acceptors (Lipinski definition) is 4. The van der Waals surface area contributed by atoms with E-state index < -0.39 is 6.10 Å². The van der Waals surface area contributed by atoms with Crippen LogP contribution in [0.25, 0.3) is 0 Å².